The Morgan fingerprint density at radius 1 is 1.06 bits per heavy atom. The molecule has 0 saturated carbocycles. The van der Waals surface area contributed by atoms with Crippen LogP contribution in [0.15, 0.2) is 45.3 Å². The van der Waals surface area contributed by atoms with Crippen molar-refractivity contribution < 1.29 is 0 Å². The van der Waals surface area contributed by atoms with Gasteiger partial charge >= 0.3 is 0 Å². The van der Waals surface area contributed by atoms with E-state index >= 15 is 0 Å². The Morgan fingerprint density at radius 2 is 1.72 bits per heavy atom. The highest BCUT2D eigenvalue weighted by Crippen LogP contribution is 2.38. The summed E-state index contributed by atoms with van der Waals surface area (Å²) in [5.74, 6) is 0. The lowest BCUT2D eigenvalue weighted by molar-refractivity contribution is 1.11. The third-order valence-corrected chi connectivity index (χ3v) is 5.72. The Bertz CT molecular complexity index is 584. The molecule has 2 rings (SSSR count). The smallest absolute Gasteiger partial charge is 0.0856 e. The zero-order chi connectivity index (χ0) is 13.3. The molecule has 0 aliphatic rings. The van der Waals surface area contributed by atoms with Crippen molar-refractivity contribution in [2.45, 2.75) is 12.3 Å². The van der Waals surface area contributed by atoms with Gasteiger partial charge < -0.3 is 0 Å². The van der Waals surface area contributed by atoms with Crippen LogP contribution in [0, 0.1) is 10.5 Å². The summed E-state index contributed by atoms with van der Waals surface area (Å²) >= 11 is 16.1. The highest BCUT2D eigenvalue weighted by Gasteiger charge is 2.17. The van der Waals surface area contributed by atoms with E-state index in [9.17, 15) is 0 Å². The summed E-state index contributed by atoms with van der Waals surface area (Å²) in [6.07, 6.45) is 0. The molecule has 1 unspecified atom stereocenters. The molecule has 0 spiro atoms. The largest absolute Gasteiger partial charge is 0.113 e. The third-order valence-electron chi connectivity index (χ3n) is 2.73. The minimum absolute atomic E-state index is 0.149. The average Bonchev–Trinajstić information content (AvgIpc) is 2.33. The van der Waals surface area contributed by atoms with Gasteiger partial charge in [-0.2, -0.15) is 0 Å². The second-order valence-electron chi connectivity index (χ2n) is 4.01. The maximum atomic E-state index is 6.61. The molecule has 0 heterocycles. The number of halogens is 4. The van der Waals surface area contributed by atoms with Crippen molar-refractivity contribution in [1.82, 2.24) is 0 Å². The Hall–Kier alpha value is 0.420. The molecule has 0 aliphatic carbocycles. The predicted molar refractivity (Wildman–Crippen MR) is 93.4 cm³/mol. The van der Waals surface area contributed by atoms with Crippen LogP contribution in [0.4, 0.5) is 0 Å². The fourth-order valence-electron chi connectivity index (χ4n) is 1.70. The number of hydrogen-bond donors (Lipinski definition) is 0. The van der Waals surface area contributed by atoms with Crippen molar-refractivity contribution in [3.05, 3.63) is 65.6 Å². The molecule has 0 bridgehead atoms. The van der Waals surface area contributed by atoms with Crippen LogP contribution in [0.5, 0.6) is 0 Å². The first-order chi connectivity index (χ1) is 8.50. The van der Waals surface area contributed by atoms with Crippen LogP contribution in [0.2, 0.25) is 0 Å². The number of hydrogen-bond acceptors (Lipinski definition) is 0. The highest BCUT2D eigenvalue weighted by atomic mass is 127. The lowest BCUT2D eigenvalue weighted by Crippen LogP contribution is -1.98. The van der Waals surface area contributed by atoms with Gasteiger partial charge in [-0.1, -0.05) is 50.1 Å². The second kappa shape index (κ2) is 6.25. The van der Waals surface area contributed by atoms with Crippen LogP contribution in [-0.4, -0.2) is 0 Å². The van der Waals surface area contributed by atoms with Gasteiger partial charge in [0.15, 0.2) is 0 Å². The molecule has 0 nitrogen and oxygen atoms in total. The molecule has 0 aliphatic heterocycles. The van der Waals surface area contributed by atoms with Gasteiger partial charge in [0.05, 0.1) is 5.38 Å². The van der Waals surface area contributed by atoms with Crippen molar-refractivity contribution in [2.24, 2.45) is 0 Å². The minimum Gasteiger partial charge on any atom is -0.113 e. The fraction of sp³-hybridized carbons (Fsp3) is 0.143. The molecule has 0 radical (unpaired) electrons. The van der Waals surface area contributed by atoms with Crippen LogP contribution in [0.1, 0.15) is 22.1 Å². The van der Waals surface area contributed by atoms with E-state index in [1.165, 1.54) is 9.13 Å². The van der Waals surface area contributed by atoms with Crippen molar-refractivity contribution in [2.75, 3.05) is 0 Å². The van der Waals surface area contributed by atoms with Gasteiger partial charge in [-0.25, -0.2) is 0 Å². The van der Waals surface area contributed by atoms with E-state index in [1.54, 1.807) is 0 Å². The molecular weight excluding hydrogens is 490 g/mol. The van der Waals surface area contributed by atoms with E-state index in [4.69, 9.17) is 11.6 Å². The molecule has 1 atom stereocenters. The van der Waals surface area contributed by atoms with E-state index in [0.29, 0.717) is 0 Å². The van der Waals surface area contributed by atoms with Crippen LogP contribution >= 0.6 is 66.1 Å². The summed E-state index contributed by atoms with van der Waals surface area (Å²) in [6, 6.07) is 12.4. The summed E-state index contributed by atoms with van der Waals surface area (Å²) in [5.41, 5.74) is 3.41. The summed E-state index contributed by atoms with van der Waals surface area (Å²) in [7, 11) is 0. The van der Waals surface area contributed by atoms with Gasteiger partial charge in [-0.05, 0) is 64.4 Å². The van der Waals surface area contributed by atoms with Gasteiger partial charge in [0.1, 0.15) is 0 Å². The van der Waals surface area contributed by atoms with Gasteiger partial charge in [-0.3, -0.25) is 0 Å². The van der Waals surface area contributed by atoms with Crippen LogP contribution < -0.4 is 0 Å². The fourth-order valence-corrected chi connectivity index (χ4v) is 4.14. The summed E-state index contributed by atoms with van der Waals surface area (Å²) < 4.78 is 3.30. The Kier molecular flexibility index (Phi) is 5.14. The maximum absolute atomic E-state index is 6.61. The first kappa shape index (κ1) is 14.8. The molecule has 94 valence electrons. The first-order valence-electron chi connectivity index (χ1n) is 5.34. The standard InChI is InChI=1S/C14H10Br2ClI/c1-8-6-12(16)10(7-11(8)15)14(17)9-4-2-3-5-13(9)18/h2-7,14H,1H3. The number of benzene rings is 2. The summed E-state index contributed by atoms with van der Waals surface area (Å²) in [6.45, 7) is 2.06. The van der Waals surface area contributed by atoms with E-state index in [0.717, 1.165) is 20.1 Å². The molecular formula is C14H10Br2ClI. The second-order valence-corrected chi connectivity index (χ2v) is 7.31. The summed E-state index contributed by atoms with van der Waals surface area (Å²) in [5, 5.41) is -0.149. The third kappa shape index (κ3) is 3.11. The van der Waals surface area contributed by atoms with Crippen LogP contribution in [-0.2, 0) is 0 Å². The molecule has 0 amide bonds. The zero-order valence-electron chi connectivity index (χ0n) is 9.55. The Balaban J connectivity index is 2.50. The van der Waals surface area contributed by atoms with Crippen molar-refractivity contribution in [3.63, 3.8) is 0 Å². The molecule has 0 aromatic heterocycles. The lowest BCUT2D eigenvalue weighted by atomic mass is 10.0. The normalized spacial score (nSPS) is 12.5. The first-order valence-corrected chi connectivity index (χ1v) is 8.45. The summed E-state index contributed by atoms with van der Waals surface area (Å²) in [4.78, 5) is 0. The van der Waals surface area contributed by atoms with Crippen molar-refractivity contribution in [3.8, 4) is 0 Å². The van der Waals surface area contributed by atoms with Crippen LogP contribution in [0.25, 0.3) is 0 Å². The Morgan fingerprint density at radius 3 is 2.39 bits per heavy atom. The van der Waals surface area contributed by atoms with Gasteiger partial charge in [0.2, 0.25) is 0 Å². The molecule has 0 N–H and O–H groups in total. The Labute approximate surface area is 143 Å². The topological polar surface area (TPSA) is 0 Å². The van der Waals surface area contributed by atoms with Crippen molar-refractivity contribution in [1.29, 1.82) is 0 Å². The average molecular weight is 500 g/mol. The van der Waals surface area contributed by atoms with E-state index < -0.39 is 0 Å². The molecule has 0 fully saturated rings. The molecule has 2 aromatic rings. The zero-order valence-corrected chi connectivity index (χ0v) is 15.6. The van der Waals surface area contributed by atoms with E-state index in [2.05, 4.69) is 85.6 Å². The van der Waals surface area contributed by atoms with Crippen molar-refractivity contribution >= 4 is 66.1 Å². The molecule has 0 saturated heterocycles. The predicted octanol–water partition coefficient (Wildman–Crippen LogP) is 6.45. The van der Waals surface area contributed by atoms with E-state index in [1.807, 2.05) is 12.1 Å². The molecule has 2 aromatic carbocycles. The van der Waals surface area contributed by atoms with Gasteiger partial charge in [0.25, 0.3) is 0 Å². The number of aryl methyl sites for hydroxylation is 1. The van der Waals surface area contributed by atoms with Gasteiger partial charge in [0, 0.05) is 12.5 Å². The monoisotopic (exact) mass is 498 g/mol. The maximum Gasteiger partial charge on any atom is 0.0856 e. The molecule has 4 heteroatoms. The van der Waals surface area contributed by atoms with Gasteiger partial charge in [-0.15, -0.1) is 11.6 Å². The van der Waals surface area contributed by atoms with Crippen LogP contribution in [0.3, 0.4) is 0 Å². The SMILES string of the molecule is Cc1cc(Br)c(C(Cl)c2ccccc2I)cc1Br. The number of rotatable bonds is 2. The number of alkyl halides is 1. The lowest BCUT2D eigenvalue weighted by Gasteiger charge is -2.15. The molecule has 18 heavy (non-hydrogen) atoms. The highest BCUT2D eigenvalue weighted by molar-refractivity contribution is 14.1. The quantitative estimate of drug-likeness (QED) is 0.328. The van der Waals surface area contributed by atoms with E-state index in [-0.39, 0.29) is 5.38 Å². The minimum atomic E-state index is -0.149.